The van der Waals surface area contributed by atoms with E-state index in [-0.39, 0.29) is 5.75 Å². The number of methoxy groups -OCH3 is 1. The molecule has 5 rings (SSSR count). The molecule has 0 saturated heterocycles. The molecule has 0 saturated carbocycles. The lowest BCUT2D eigenvalue weighted by atomic mass is 10.1. The zero-order valence-electron chi connectivity index (χ0n) is 20.3. The van der Waals surface area contributed by atoms with Crippen molar-refractivity contribution in [2.24, 2.45) is 0 Å². The first kappa shape index (κ1) is 24.8. The molecule has 0 unspecified atom stereocenters. The number of anilines is 4. The lowest BCUT2D eigenvalue weighted by Gasteiger charge is -2.16. The summed E-state index contributed by atoms with van der Waals surface area (Å²) < 4.78 is 32.1. The Morgan fingerprint density at radius 3 is 2.57 bits per heavy atom. The first-order valence-electron chi connectivity index (χ1n) is 11.4. The fourth-order valence-electron chi connectivity index (χ4n) is 4.07. The summed E-state index contributed by atoms with van der Waals surface area (Å²) in [6.45, 7) is 3.46. The Morgan fingerprint density at radius 1 is 1.00 bits per heavy atom. The molecule has 7 nitrogen and oxygen atoms in total. The molecule has 10 heteroatoms. The van der Waals surface area contributed by atoms with E-state index in [0.29, 0.717) is 27.8 Å². The third-order valence-corrected chi connectivity index (χ3v) is 7.72. The number of halogens is 2. The number of aromatic nitrogens is 3. The zero-order valence-corrected chi connectivity index (χ0v) is 22.0. The van der Waals surface area contributed by atoms with Crippen LogP contribution in [0.2, 0.25) is 5.02 Å². The summed E-state index contributed by atoms with van der Waals surface area (Å²) in [5, 5.41) is 16.0. The van der Waals surface area contributed by atoms with Gasteiger partial charge in [0.05, 0.1) is 29.5 Å². The lowest BCUT2D eigenvalue weighted by Crippen LogP contribution is -2.09. The van der Waals surface area contributed by atoms with Crippen molar-refractivity contribution in [2.75, 3.05) is 31.1 Å². The van der Waals surface area contributed by atoms with Gasteiger partial charge in [-0.05, 0) is 61.9 Å². The van der Waals surface area contributed by atoms with Crippen LogP contribution in [0.5, 0.6) is 5.75 Å². The lowest BCUT2D eigenvalue weighted by molar-refractivity contribution is 0.386. The van der Waals surface area contributed by atoms with Crippen LogP contribution in [-0.4, -0.2) is 35.6 Å². The molecule has 5 aromatic rings. The number of ether oxygens (including phenoxy) is 1. The van der Waals surface area contributed by atoms with Crippen molar-refractivity contribution in [3.05, 3.63) is 83.8 Å². The van der Waals surface area contributed by atoms with E-state index in [4.69, 9.17) is 16.3 Å². The molecule has 0 spiro atoms. The summed E-state index contributed by atoms with van der Waals surface area (Å²) in [6.07, 6.45) is 1.55. The second-order valence-corrected chi connectivity index (χ2v) is 12.4. The number of para-hydroxylation sites is 1. The average Bonchev–Trinajstić information content (AvgIpc) is 3.29. The largest absolute Gasteiger partial charge is 0.494 e. The van der Waals surface area contributed by atoms with Crippen LogP contribution in [-0.2, 0) is 4.57 Å². The van der Waals surface area contributed by atoms with Crippen molar-refractivity contribution < 1.29 is 13.7 Å². The van der Waals surface area contributed by atoms with Gasteiger partial charge in [-0.3, -0.25) is 5.10 Å². The van der Waals surface area contributed by atoms with Crippen molar-refractivity contribution in [3.8, 4) is 17.0 Å². The van der Waals surface area contributed by atoms with Gasteiger partial charge in [-0.25, -0.2) is 9.37 Å². The van der Waals surface area contributed by atoms with Crippen molar-refractivity contribution in [1.29, 1.82) is 0 Å². The van der Waals surface area contributed by atoms with E-state index in [1.807, 2.05) is 42.5 Å². The van der Waals surface area contributed by atoms with Gasteiger partial charge in [0.1, 0.15) is 18.7 Å². The number of H-pyrrole nitrogens is 1. The van der Waals surface area contributed by atoms with Gasteiger partial charge in [0.15, 0.2) is 11.6 Å². The quantitative estimate of drug-likeness (QED) is 0.191. The van der Waals surface area contributed by atoms with Crippen molar-refractivity contribution in [3.63, 3.8) is 0 Å². The second-order valence-electron chi connectivity index (χ2n) is 8.85. The van der Waals surface area contributed by atoms with Crippen LogP contribution in [0.4, 0.5) is 27.3 Å². The first-order chi connectivity index (χ1) is 17.7. The number of rotatable bonds is 7. The molecule has 37 heavy (non-hydrogen) atoms. The SMILES string of the molecule is COc1ccc(-c2n[nH]c3ccc(Nc4cc(Nc5ccccc5P(C)(C)=O)c(Cl)cn4)cc23)cc1F. The molecule has 0 amide bonds. The number of nitrogens with zero attached hydrogens (tertiary/aromatic N) is 2. The summed E-state index contributed by atoms with van der Waals surface area (Å²) in [6, 6.07) is 19.7. The van der Waals surface area contributed by atoms with Gasteiger partial charge in [0.25, 0.3) is 0 Å². The molecule has 0 bridgehead atoms. The monoisotopic (exact) mass is 535 g/mol. The Kier molecular flexibility index (Phi) is 6.63. The summed E-state index contributed by atoms with van der Waals surface area (Å²) in [7, 11) is -1.08. The summed E-state index contributed by atoms with van der Waals surface area (Å²) in [5.41, 5.74) is 4.16. The molecule has 0 fully saturated rings. The van der Waals surface area contributed by atoms with Gasteiger partial charge in [-0.15, -0.1) is 0 Å². The molecule has 0 aliphatic carbocycles. The number of hydrogen-bond acceptors (Lipinski definition) is 6. The number of benzene rings is 3. The molecular weight excluding hydrogens is 512 g/mol. The van der Waals surface area contributed by atoms with E-state index >= 15 is 0 Å². The molecule has 0 atom stereocenters. The van der Waals surface area contributed by atoms with Crippen LogP contribution in [0.15, 0.2) is 72.9 Å². The molecule has 0 aliphatic rings. The maximum absolute atomic E-state index is 14.3. The third kappa shape index (κ3) is 5.17. The molecule has 3 N–H and O–H groups in total. The van der Waals surface area contributed by atoms with Crippen LogP contribution in [0.3, 0.4) is 0 Å². The van der Waals surface area contributed by atoms with Crippen molar-refractivity contribution in [1.82, 2.24) is 15.2 Å². The highest BCUT2D eigenvalue weighted by atomic mass is 35.5. The number of hydrogen-bond donors (Lipinski definition) is 3. The van der Waals surface area contributed by atoms with E-state index in [1.54, 1.807) is 37.7 Å². The maximum atomic E-state index is 14.3. The van der Waals surface area contributed by atoms with E-state index < -0.39 is 13.0 Å². The predicted molar refractivity (Wildman–Crippen MR) is 149 cm³/mol. The maximum Gasteiger partial charge on any atom is 0.165 e. The summed E-state index contributed by atoms with van der Waals surface area (Å²) in [5.74, 6) is 0.271. The Bertz CT molecular complexity index is 1670. The highest BCUT2D eigenvalue weighted by molar-refractivity contribution is 7.70. The van der Waals surface area contributed by atoms with Gasteiger partial charge in [-0.2, -0.15) is 5.10 Å². The highest BCUT2D eigenvalue weighted by Crippen LogP contribution is 2.39. The van der Waals surface area contributed by atoms with Crippen LogP contribution in [0.25, 0.3) is 22.2 Å². The van der Waals surface area contributed by atoms with Gasteiger partial charge in [-0.1, -0.05) is 23.7 Å². The van der Waals surface area contributed by atoms with E-state index in [1.165, 1.54) is 13.2 Å². The topological polar surface area (TPSA) is 91.9 Å². The molecule has 3 aromatic carbocycles. The Hall–Kier alpha value is -3.87. The first-order valence-corrected chi connectivity index (χ1v) is 14.4. The van der Waals surface area contributed by atoms with E-state index in [2.05, 4.69) is 25.8 Å². The van der Waals surface area contributed by atoms with Gasteiger partial charge in [0, 0.05) is 33.7 Å². The van der Waals surface area contributed by atoms with Crippen LogP contribution < -0.4 is 20.7 Å². The summed E-state index contributed by atoms with van der Waals surface area (Å²) >= 11 is 6.43. The van der Waals surface area contributed by atoms with E-state index in [0.717, 1.165) is 27.6 Å². The molecule has 2 aromatic heterocycles. The average molecular weight is 536 g/mol. The van der Waals surface area contributed by atoms with Crippen molar-refractivity contribution >= 4 is 57.8 Å². The number of nitrogens with one attached hydrogen (secondary N) is 3. The zero-order chi connectivity index (χ0) is 26.2. The second kappa shape index (κ2) is 9.88. The minimum Gasteiger partial charge on any atom is -0.494 e. The third-order valence-electron chi connectivity index (χ3n) is 5.87. The molecule has 0 aliphatic heterocycles. The molecule has 2 heterocycles. The van der Waals surface area contributed by atoms with Gasteiger partial charge in [0.2, 0.25) is 0 Å². The van der Waals surface area contributed by atoms with E-state index in [9.17, 15) is 8.96 Å². The molecular formula is C27H24ClFN5O2P. The van der Waals surface area contributed by atoms with Gasteiger partial charge < -0.3 is 19.9 Å². The Balaban J connectivity index is 1.45. The number of aromatic amines is 1. The smallest absolute Gasteiger partial charge is 0.165 e. The standard InChI is InChI=1S/C27H24ClFN5O2P/c1-36-24-11-8-16(12-20(24)29)27-18-13-17(9-10-21(18)33-34-27)31-26-14-23(19(28)15-30-26)32-22-6-4-5-7-25(22)37(2,3)35/h4-15H,1-3H3,(H,33,34)(H2,30,31,32). The number of fused-ring (bicyclic) bond motifs is 1. The fourth-order valence-corrected chi connectivity index (χ4v) is 5.38. The summed E-state index contributed by atoms with van der Waals surface area (Å²) in [4.78, 5) is 4.40. The fraction of sp³-hybridized carbons (Fsp3) is 0.111. The molecule has 188 valence electrons. The highest BCUT2D eigenvalue weighted by Gasteiger charge is 2.17. The minimum atomic E-state index is -2.51. The molecule has 0 radical (unpaired) electrons. The Morgan fingerprint density at radius 2 is 1.81 bits per heavy atom. The Labute approximate surface area is 218 Å². The van der Waals surface area contributed by atoms with Crippen molar-refractivity contribution in [2.45, 2.75) is 0 Å². The van der Waals surface area contributed by atoms with Gasteiger partial charge >= 0.3 is 0 Å². The predicted octanol–water partition coefficient (Wildman–Crippen LogP) is 7.16. The normalized spacial score (nSPS) is 11.5. The number of pyridine rings is 1. The van der Waals surface area contributed by atoms with Crippen LogP contribution >= 0.6 is 18.7 Å². The minimum absolute atomic E-state index is 0.174. The van der Waals surface area contributed by atoms with Crippen LogP contribution in [0, 0.1) is 5.82 Å². The van der Waals surface area contributed by atoms with Crippen LogP contribution in [0.1, 0.15) is 0 Å².